The standard InChI is InChI=1S/C51H52BN/c1-34(2)39-26-32-46(33-27-39)53-50(43-24-16-38(6)17-25-43)48(41-20-12-36(4)13-21-41)47(40-18-10-35(3)11-19-40)49(42-22-14-37(5)15-23-42)52(53)45-30-28-44(29-31-45)51(7,8)9/h10-34H,1-9H3. The summed E-state index contributed by atoms with van der Waals surface area (Å²) in [4.78, 5) is 2.64. The Hall–Kier alpha value is -5.34. The Morgan fingerprint density at radius 2 is 0.868 bits per heavy atom. The highest BCUT2D eigenvalue weighted by atomic mass is 15.1. The van der Waals surface area contributed by atoms with E-state index in [4.69, 9.17) is 0 Å². The largest absolute Gasteiger partial charge is 0.376 e. The van der Waals surface area contributed by atoms with E-state index in [0.717, 1.165) is 0 Å². The van der Waals surface area contributed by atoms with E-state index >= 15 is 0 Å². The average Bonchev–Trinajstić information content (AvgIpc) is 3.15. The predicted octanol–water partition coefficient (Wildman–Crippen LogP) is 12.8. The van der Waals surface area contributed by atoms with Gasteiger partial charge in [-0.05, 0) is 95.6 Å². The highest BCUT2D eigenvalue weighted by molar-refractivity contribution is 6.97. The van der Waals surface area contributed by atoms with Gasteiger partial charge < -0.3 is 4.81 Å². The molecule has 7 rings (SSSR count). The number of anilines is 1. The van der Waals surface area contributed by atoms with Gasteiger partial charge in [0.15, 0.2) is 0 Å². The lowest BCUT2D eigenvalue weighted by atomic mass is 9.43. The van der Waals surface area contributed by atoms with Crippen LogP contribution in [0, 0.1) is 27.7 Å². The summed E-state index contributed by atoms with van der Waals surface area (Å²) in [6, 6.07) is 55.5. The van der Waals surface area contributed by atoms with Crippen LogP contribution >= 0.6 is 0 Å². The van der Waals surface area contributed by atoms with Crippen molar-refractivity contribution in [2.75, 3.05) is 4.81 Å². The molecular formula is C51H52BN. The van der Waals surface area contributed by atoms with E-state index in [1.807, 2.05) is 0 Å². The van der Waals surface area contributed by atoms with Crippen molar-refractivity contribution in [2.24, 2.45) is 0 Å². The zero-order valence-electron chi connectivity index (χ0n) is 33.0. The molecule has 1 nitrogen and oxygen atoms in total. The van der Waals surface area contributed by atoms with Gasteiger partial charge in [-0.15, -0.1) is 0 Å². The van der Waals surface area contributed by atoms with Crippen molar-refractivity contribution >= 4 is 40.3 Å². The molecular weight excluding hydrogens is 637 g/mol. The maximum Gasteiger partial charge on any atom is 0.329 e. The van der Waals surface area contributed by atoms with Crippen molar-refractivity contribution in [1.29, 1.82) is 0 Å². The first-order valence-electron chi connectivity index (χ1n) is 19.2. The highest BCUT2D eigenvalue weighted by Crippen LogP contribution is 2.50. The molecule has 0 N–H and O–H groups in total. The molecule has 2 heteroatoms. The molecule has 264 valence electrons. The second kappa shape index (κ2) is 14.6. The van der Waals surface area contributed by atoms with Gasteiger partial charge >= 0.3 is 6.85 Å². The topological polar surface area (TPSA) is 3.24 Å². The number of aryl methyl sites for hydroxylation is 4. The Labute approximate surface area is 318 Å². The summed E-state index contributed by atoms with van der Waals surface area (Å²) in [5, 5.41) is 0. The highest BCUT2D eigenvalue weighted by Gasteiger charge is 2.42. The molecule has 0 bridgehead atoms. The smallest absolute Gasteiger partial charge is 0.329 e. The van der Waals surface area contributed by atoms with Gasteiger partial charge in [0, 0.05) is 17.0 Å². The molecule has 1 heterocycles. The first kappa shape index (κ1) is 36.0. The number of rotatable bonds is 7. The molecule has 0 saturated carbocycles. The molecule has 6 aromatic carbocycles. The minimum atomic E-state index is -0.126. The van der Waals surface area contributed by atoms with Gasteiger partial charge in [-0.3, -0.25) is 0 Å². The number of benzene rings is 6. The van der Waals surface area contributed by atoms with Crippen LogP contribution in [-0.4, -0.2) is 6.85 Å². The summed E-state index contributed by atoms with van der Waals surface area (Å²) in [5.74, 6) is 0.442. The molecule has 0 amide bonds. The second-order valence-electron chi connectivity index (χ2n) is 16.4. The van der Waals surface area contributed by atoms with E-state index in [0.29, 0.717) is 5.92 Å². The summed E-state index contributed by atoms with van der Waals surface area (Å²) in [6.07, 6.45) is 0. The number of nitrogens with zero attached hydrogens (tertiary/aromatic N) is 1. The van der Waals surface area contributed by atoms with Gasteiger partial charge in [-0.2, -0.15) is 0 Å². The Bertz CT molecular complexity index is 2260. The molecule has 0 spiro atoms. The van der Waals surface area contributed by atoms with Crippen molar-refractivity contribution in [2.45, 2.75) is 73.6 Å². The first-order valence-corrected chi connectivity index (χ1v) is 19.2. The fraction of sp³-hybridized carbons (Fsp3) is 0.216. The molecule has 0 aliphatic carbocycles. The van der Waals surface area contributed by atoms with E-state index in [9.17, 15) is 0 Å². The quantitative estimate of drug-likeness (QED) is 0.151. The zero-order valence-corrected chi connectivity index (χ0v) is 33.0. The molecule has 0 fully saturated rings. The zero-order chi connectivity index (χ0) is 37.4. The van der Waals surface area contributed by atoms with Crippen LogP contribution in [0.5, 0.6) is 0 Å². The number of allylic oxidation sites excluding steroid dienone is 2. The van der Waals surface area contributed by atoms with E-state index in [1.54, 1.807) is 0 Å². The predicted molar refractivity (Wildman–Crippen MR) is 232 cm³/mol. The normalized spacial score (nSPS) is 13.7. The van der Waals surface area contributed by atoms with Crippen LogP contribution < -0.4 is 10.3 Å². The molecule has 0 unspecified atom stereocenters. The van der Waals surface area contributed by atoms with E-state index < -0.39 is 0 Å². The van der Waals surface area contributed by atoms with Crippen LogP contribution in [-0.2, 0) is 5.41 Å². The van der Waals surface area contributed by atoms with Crippen molar-refractivity contribution in [3.63, 3.8) is 0 Å². The summed E-state index contributed by atoms with van der Waals surface area (Å²) >= 11 is 0. The van der Waals surface area contributed by atoms with Gasteiger partial charge in [0.1, 0.15) is 0 Å². The lowest BCUT2D eigenvalue weighted by Gasteiger charge is -2.43. The Balaban J connectivity index is 1.69. The summed E-state index contributed by atoms with van der Waals surface area (Å²) < 4.78 is 0. The Kier molecular flexibility index (Phi) is 9.92. The summed E-state index contributed by atoms with van der Waals surface area (Å²) in [5.41, 5.74) is 20.0. The third-order valence-electron chi connectivity index (χ3n) is 10.8. The van der Waals surface area contributed by atoms with Crippen LogP contribution in [0.25, 0.3) is 22.3 Å². The van der Waals surface area contributed by atoms with Crippen LogP contribution in [0.15, 0.2) is 146 Å². The maximum absolute atomic E-state index is 2.64. The monoisotopic (exact) mass is 689 g/mol. The minimum absolute atomic E-state index is 0.0473. The molecule has 0 saturated heterocycles. The molecule has 0 radical (unpaired) electrons. The number of hydrogen-bond acceptors (Lipinski definition) is 1. The minimum Gasteiger partial charge on any atom is -0.376 e. The van der Waals surface area contributed by atoms with Crippen molar-refractivity contribution in [1.82, 2.24) is 0 Å². The lowest BCUT2D eigenvalue weighted by Crippen LogP contribution is -2.51. The van der Waals surface area contributed by atoms with Crippen LogP contribution in [0.1, 0.15) is 96.2 Å². The molecule has 1 aliphatic heterocycles. The summed E-state index contributed by atoms with van der Waals surface area (Å²) in [6.45, 7) is 20.0. The van der Waals surface area contributed by atoms with Crippen LogP contribution in [0.2, 0.25) is 0 Å². The lowest BCUT2D eigenvalue weighted by molar-refractivity contribution is 0.590. The van der Waals surface area contributed by atoms with Crippen molar-refractivity contribution in [3.05, 3.63) is 201 Å². The fourth-order valence-electron chi connectivity index (χ4n) is 7.60. The number of hydrogen-bond donors (Lipinski definition) is 0. The van der Waals surface area contributed by atoms with Gasteiger partial charge in [-0.1, -0.05) is 196 Å². The van der Waals surface area contributed by atoms with Gasteiger partial charge in [0.25, 0.3) is 0 Å². The second-order valence-corrected chi connectivity index (χ2v) is 16.4. The van der Waals surface area contributed by atoms with Crippen molar-refractivity contribution in [3.8, 4) is 0 Å². The Morgan fingerprint density at radius 1 is 0.453 bits per heavy atom. The van der Waals surface area contributed by atoms with Crippen molar-refractivity contribution < 1.29 is 0 Å². The van der Waals surface area contributed by atoms with E-state index in [2.05, 4.69) is 213 Å². The molecule has 6 aromatic rings. The third kappa shape index (κ3) is 7.33. The van der Waals surface area contributed by atoms with Gasteiger partial charge in [0.2, 0.25) is 0 Å². The van der Waals surface area contributed by atoms with E-state index in [1.165, 1.54) is 89.1 Å². The SMILES string of the molecule is Cc1ccc(C2=C(c3ccc(C)cc3)C(c3ccc(C)cc3)=C(c3ccc(C)cc3)N(c3ccc(C(C)C)cc3)B2c2ccc(C(C)(C)C)cc2)cc1. The van der Waals surface area contributed by atoms with Crippen LogP contribution in [0.4, 0.5) is 5.69 Å². The summed E-state index contributed by atoms with van der Waals surface area (Å²) in [7, 11) is 0. The van der Waals surface area contributed by atoms with Crippen LogP contribution in [0.3, 0.4) is 0 Å². The Morgan fingerprint density at radius 3 is 1.30 bits per heavy atom. The first-order chi connectivity index (χ1) is 25.4. The molecule has 53 heavy (non-hydrogen) atoms. The fourth-order valence-corrected chi connectivity index (χ4v) is 7.60. The molecule has 1 aliphatic rings. The average molecular weight is 690 g/mol. The van der Waals surface area contributed by atoms with Gasteiger partial charge in [-0.25, -0.2) is 0 Å². The molecule has 0 atom stereocenters. The van der Waals surface area contributed by atoms with Gasteiger partial charge in [0.05, 0.1) is 0 Å². The maximum atomic E-state index is 2.64. The van der Waals surface area contributed by atoms with E-state index in [-0.39, 0.29) is 12.3 Å². The molecule has 0 aromatic heterocycles. The third-order valence-corrected chi connectivity index (χ3v) is 10.8.